The van der Waals surface area contributed by atoms with Gasteiger partial charge in [0.15, 0.2) is 0 Å². The summed E-state index contributed by atoms with van der Waals surface area (Å²) >= 11 is 0. The van der Waals surface area contributed by atoms with Crippen LogP contribution in [0.1, 0.15) is 62.0 Å². The first-order valence-corrected chi connectivity index (χ1v) is 11.3. The Balaban J connectivity index is 1.31. The minimum absolute atomic E-state index is 0.628. The van der Waals surface area contributed by atoms with E-state index in [4.69, 9.17) is 0 Å². The molecule has 2 unspecified atom stereocenters. The molecule has 1 fully saturated rings. The fourth-order valence-corrected chi connectivity index (χ4v) is 5.59. The van der Waals surface area contributed by atoms with E-state index in [1.807, 2.05) is 0 Å². The molecular weight excluding hydrogens is 348 g/mol. The third kappa shape index (κ3) is 3.20. The highest BCUT2D eigenvalue weighted by atomic mass is 15.3. The zero-order chi connectivity index (χ0) is 19.1. The Labute approximate surface area is 168 Å². The fourth-order valence-electron chi connectivity index (χ4n) is 5.59. The second-order valence-electron chi connectivity index (χ2n) is 8.87. The first-order valence-electron chi connectivity index (χ1n) is 11.3. The highest BCUT2D eigenvalue weighted by Gasteiger charge is 2.33. The molecule has 5 rings (SSSR count). The lowest BCUT2D eigenvalue weighted by Crippen LogP contribution is -2.57. The van der Waals surface area contributed by atoms with Gasteiger partial charge in [-0.15, -0.1) is 0 Å². The van der Waals surface area contributed by atoms with Gasteiger partial charge in [0.25, 0.3) is 0 Å². The van der Waals surface area contributed by atoms with E-state index in [0.717, 1.165) is 26.2 Å². The summed E-state index contributed by atoms with van der Waals surface area (Å²) < 4.78 is 4.45. The van der Waals surface area contributed by atoms with E-state index in [-0.39, 0.29) is 0 Å². The van der Waals surface area contributed by atoms with Gasteiger partial charge in [0.05, 0.1) is 12.4 Å². The Hall–Kier alpha value is -1.66. The lowest BCUT2D eigenvalue weighted by Gasteiger charge is -2.46. The molecule has 2 aromatic heterocycles. The number of hydrogen-bond acceptors (Lipinski definition) is 4. The average molecular weight is 383 g/mol. The molecule has 0 N–H and O–H groups in total. The first-order chi connectivity index (χ1) is 13.8. The third-order valence-electron chi connectivity index (χ3n) is 7.25. The molecule has 0 amide bonds. The molecule has 3 aliphatic rings. The predicted molar refractivity (Wildman–Crippen MR) is 110 cm³/mol. The number of fused-ring (bicyclic) bond motifs is 2. The van der Waals surface area contributed by atoms with Crippen LogP contribution in [-0.4, -0.2) is 54.5 Å². The summed E-state index contributed by atoms with van der Waals surface area (Å²) in [6, 6.07) is 1.26. The van der Waals surface area contributed by atoms with Gasteiger partial charge in [-0.2, -0.15) is 10.2 Å². The van der Waals surface area contributed by atoms with Crippen LogP contribution in [0.4, 0.5) is 0 Å². The zero-order valence-corrected chi connectivity index (χ0v) is 17.5. The summed E-state index contributed by atoms with van der Waals surface area (Å²) in [5.41, 5.74) is 5.91. The minimum Gasteiger partial charge on any atom is -0.293 e. The van der Waals surface area contributed by atoms with E-state index < -0.39 is 0 Å². The van der Waals surface area contributed by atoms with Gasteiger partial charge in [0.2, 0.25) is 0 Å². The summed E-state index contributed by atoms with van der Waals surface area (Å²) in [5.74, 6) is 0. The van der Waals surface area contributed by atoms with Crippen LogP contribution >= 0.6 is 0 Å². The van der Waals surface area contributed by atoms with Crippen molar-refractivity contribution in [2.75, 3.05) is 13.1 Å². The smallest absolute Gasteiger partial charge is 0.0537 e. The van der Waals surface area contributed by atoms with Gasteiger partial charge in [-0.25, -0.2) is 0 Å². The monoisotopic (exact) mass is 382 g/mol. The Morgan fingerprint density at radius 1 is 0.786 bits per heavy atom. The van der Waals surface area contributed by atoms with E-state index >= 15 is 0 Å². The average Bonchev–Trinajstić information content (AvgIpc) is 3.46. The normalized spacial score (nSPS) is 25.4. The molecule has 1 saturated heterocycles. The fraction of sp³-hybridized carbons (Fsp3) is 0.727. The van der Waals surface area contributed by atoms with Crippen LogP contribution in [0.2, 0.25) is 0 Å². The van der Waals surface area contributed by atoms with E-state index in [2.05, 4.69) is 55.6 Å². The van der Waals surface area contributed by atoms with Crippen molar-refractivity contribution in [1.29, 1.82) is 0 Å². The Morgan fingerprint density at radius 3 is 1.68 bits per heavy atom. The maximum atomic E-state index is 4.62. The molecule has 0 bridgehead atoms. The van der Waals surface area contributed by atoms with Crippen LogP contribution < -0.4 is 0 Å². The Morgan fingerprint density at radius 2 is 1.25 bits per heavy atom. The molecule has 28 heavy (non-hydrogen) atoms. The molecule has 2 atom stereocenters. The number of hydrogen-bond donors (Lipinski definition) is 0. The zero-order valence-electron chi connectivity index (χ0n) is 17.5. The van der Waals surface area contributed by atoms with Crippen molar-refractivity contribution in [2.45, 2.75) is 90.6 Å². The summed E-state index contributed by atoms with van der Waals surface area (Å²) in [7, 11) is 0. The molecule has 6 nitrogen and oxygen atoms in total. The molecule has 6 heteroatoms. The number of rotatable bonds is 6. The number of piperazine rings is 1. The lowest BCUT2D eigenvalue weighted by atomic mass is 10.00. The standard InChI is InChI=1S/C22H34N6/c1-3-19-15-26(14-18-12-24-28-10-6-8-22(18)28)20(4-2)16-25(19)13-17-11-23-27-9-5-7-21(17)27/h11-12,19-20H,3-10,13-16H2,1-2H3. The molecule has 0 spiro atoms. The highest BCUT2D eigenvalue weighted by Crippen LogP contribution is 2.28. The van der Waals surface area contributed by atoms with E-state index in [0.29, 0.717) is 12.1 Å². The Bertz CT molecular complexity index is 753. The first kappa shape index (κ1) is 18.4. The quantitative estimate of drug-likeness (QED) is 0.770. The van der Waals surface area contributed by atoms with Crippen LogP contribution in [0, 0.1) is 0 Å². The maximum Gasteiger partial charge on any atom is 0.0537 e. The van der Waals surface area contributed by atoms with Gasteiger partial charge in [-0.3, -0.25) is 19.2 Å². The third-order valence-corrected chi connectivity index (χ3v) is 7.25. The molecule has 152 valence electrons. The van der Waals surface area contributed by atoms with Gasteiger partial charge in [0.1, 0.15) is 0 Å². The topological polar surface area (TPSA) is 42.1 Å². The highest BCUT2D eigenvalue weighted by molar-refractivity contribution is 5.22. The van der Waals surface area contributed by atoms with Crippen molar-refractivity contribution in [3.63, 3.8) is 0 Å². The van der Waals surface area contributed by atoms with Crippen LogP contribution in [-0.2, 0) is 39.0 Å². The summed E-state index contributed by atoms with van der Waals surface area (Å²) in [5, 5.41) is 9.24. The molecule has 0 aliphatic carbocycles. The van der Waals surface area contributed by atoms with E-state index in [1.165, 1.54) is 74.1 Å². The molecule has 5 heterocycles. The van der Waals surface area contributed by atoms with Gasteiger partial charge >= 0.3 is 0 Å². The van der Waals surface area contributed by atoms with Crippen LogP contribution in [0.15, 0.2) is 12.4 Å². The van der Waals surface area contributed by atoms with Crippen LogP contribution in [0.3, 0.4) is 0 Å². The second kappa shape index (κ2) is 7.64. The number of nitrogens with zero attached hydrogens (tertiary/aromatic N) is 6. The molecular formula is C22H34N6. The summed E-state index contributed by atoms with van der Waals surface area (Å²) in [6.45, 7) is 11.4. The van der Waals surface area contributed by atoms with Crippen molar-refractivity contribution in [1.82, 2.24) is 29.4 Å². The van der Waals surface area contributed by atoms with Gasteiger partial charge in [-0.05, 0) is 38.5 Å². The predicted octanol–water partition coefficient (Wildman–Crippen LogP) is 2.85. The van der Waals surface area contributed by atoms with Gasteiger partial charge in [-0.1, -0.05) is 13.8 Å². The minimum atomic E-state index is 0.628. The molecule has 3 aliphatic heterocycles. The van der Waals surface area contributed by atoms with Gasteiger partial charge in [0, 0.05) is 73.9 Å². The largest absolute Gasteiger partial charge is 0.293 e. The lowest BCUT2D eigenvalue weighted by molar-refractivity contribution is 0.0148. The molecule has 2 aromatic rings. The number of aromatic nitrogens is 4. The van der Waals surface area contributed by atoms with E-state index in [9.17, 15) is 0 Å². The summed E-state index contributed by atoms with van der Waals surface area (Å²) in [4.78, 5) is 5.48. The van der Waals surface area contributed by atoms with E-state index in [1.54, 1.807) is 0 Å². The van der Waals surface area contributed by atoms with Crippen LogP contribution in [0.5, 0.6) is 0 Å². The second-order valence-corrected chi connectivity index (χ2v) is 8.87. The summed E-state index contributed by atoms with van der Waals surface area (Å²) in [6.07, 6.45) is 11.6. The SMILES string of the molecule is CCC1CN(Cc2cnn3c2CCC3)C(CC)CN1Cc1cnn2c1CCC2. The van der Waals surface area contributed by atoms with Crippen molar-refractivity contribution in [3.05, 3.63) is 34.9 Å². The van der Waals surface area contributed by atoms with Gasteiger partial charge < -0.3 is 0 Å². The van der Waals surface area contributed by atoms with Crippen molar-refractivity contribution < 1.29 is 0 Å². The number of aryl methyl sites for hydroxylation is 2. The molecule has 0 aromatic carbocycles. The molecule has 0 saturated carbocycles. The maximum absolute atomic E-state index is 4.62. The Kier molecular flexibility index (Phi) is 5.01. The molecule has 0 radical (unpaired) electrons. The van der Waals surface area contributed by atoms with Crippen LogP contribution in [0.25, 0.3) is 0 Å². The van der Waals surface area contributed by atoms with Crippen molar-refractivity contribution in [3.8, 4) is 0 Å². The van der Waals surface area contributed by atoms with Crippen molar-refractivity contribution >= 4 is 0 Å². The van der Waals surface area contributed by atoms with Crippen molar-refractivity contribution in [2.24, 2.45) is 0 Å².